The Balaban J connectivity index is 0.00000171. The summed E-state index contributed by atoms with van der Waals surface area (Å²) in [6, 6.07) is 9.46. The first kappa shape index (κ1) is 28.7. The van der Waals surface area contributed by atoms with E-state index in [9.17, 15) is 27.1 Å². The van der Waals surface area contributed by atoms with Crippen LogP contribution in [0.5, 0.6) is 0 Å². The van der Waals surface area contributed by atoms with Crippen molar-refractivity contribution in [3.8, 4) is 0 Å². The maximum absolute atomic E-state index is 14.9. The topological polar surface area (TPSA) is 20.2 Å². The molecule has 0 bridgehead atoms. The minimum absolute atomic E-state index is 0. The third-order valence-corrected chi connectivity index (χ3v) is 9.08. The summed E-state index contributed by atoms with van der Waals surface area (Å²) in [4.78, 5) is 0. The normalized spacial score (nSPS) is 34.7. The van der Waals surface area contributed by atoms with E-state index in [-0.39, 0.29) is 64.8 Å². The van der Waals surface area contributed by atoms with Crippen LogP contribution in [0.3, 0.4) is 0 Å². The SMILES string of the molecule is C=C1C=C2CCC3C(=C2CC1)C(c1ccccc1)CC1(C)C3CCC1(O)C(F)(F)C(F)(F)F.[CH3-].[Y]. The Morgan fingerprint density at radius 2 is 1.66 bits per heavy atom. The van der Waals surface area contributed by atoms with Gasteiger partial charge in [-0.1, -0.05) is 61.1 Å². The van der Waals surface area contributed by atoms with Crippen LogP contribution in [0.15, 0.2) is 65.3 Å². The Bertz CT molecular complexity index is 1040. The van der Waals surface area contributed by atoms with E-state index in [1.165, 1.54) is 23.6 Å². The number of aliphatic hydroxyl groups is 1. The molecular weight excluding hydrogens is 536 g/mol. The maximum atomic E-state index is 14.9. The fourth-order valence-corrected chi connectivity index (χ4v) is 7.49. The van der Waals surface area contributed by atoms with Crippen LogP contribution in [0.2, 0.25) is 0 Å². The van der Waals surface area contributed by atoms with Gasteiger partial charge in [0.05, 0.1) is 0 Å². The van der Waals surface area contributed by atoms with E-state index in [2.05, 4.69) is 12.7 Å². The summed E-state index contributed by atoms with van der Waals surface area (Å²) in [6.07, 6.45) is -0.837. The average Bonchev–Trinajstić information content (AvgIpc) is 3.04. The second kappa shape index (κ2) is 9.47. The molecule has 1 aromatic rings. The predicted octanol–water partition coefficient (Wildman–Crippen LogP) is 7.95. The summed E-state index contributed by atoms with van der Waals surface area (Å²) >= 11 is 0. The van der Waals surface area contributed by atoms with Gasteiger partial charge in [0.1, 0.15) is 5.60 Å². The van der Waals surface area contributed by atoms with Crippen LogP contribution < -0.4 is 0 Å². The zero-order valence-corrected chi connectivity index (χ0v) is 23.1. The van der Waals surface area contributed by atoms with Crippen molar-refractivity contribution in [1.82, 2.24) is 0 Å². The van der Waals surface area contributed by atoms with Crippen LogP contribution in [-0.4, -0.2) is 22.8 Å². The van der Waals surface area contributed by atoms with E-state index in [1.54, 1.807) is 0 Å². The minimum atomic E-state index is -5.80. The molecule has 1 N–H and O–H groups in total. The van der Waals surface area contributed by atoms with Crippen molar-refractivity contribution in [2.75, 3.05) is 0 Å². The van der Waals surface area contributed by atoms with Gasteiger partial charge >= 0.3 is 12.1 Å². The van der Waals surface area contributed by atoms with Crippen molar-refractivity contribution >= 4 is 0 Å². The van der Waals surface area contributed by atoms with Gasteiger partial charge in [-0.15, -0.1) is 0 Å². The summed E-state index contributed by atoms with van der Waals surface area (Å²) in [5, 5.41) is 11.2. The van der Waals surface area contributed by atoms with Gasteiger partial charge in [0.25, 0.3) is 0 Å². The third-order valence-electron chi connectivity index (χ3n) is 9.08. The van der Waals surface area contributed by atoms with Crippen molar-refractivity contribution in [3.05, 3.63) is 78.3 Å². The van der Waals surface area contributed by atoms with E-state index in [1.807, 2.05) is 30.3 Å². The number of halogens is 5. The van der Waals surface area contributed by atoms with Gasteiger partial charge in [0, 0.05) is 44.0 Å². The van der Waals surface area contributed by atoms with Gasteiger partial charge in [-0.05, 0) is 73.5 Å². The number of benzene rings is 1. The molecular formula is C28H32F5OY-. The zero-order chi connectivity index (χ0) is 23.8. The van der Waals surface area contributed by atoms with Gasteiger partial charge in [-0.25, -0.2) is 0 Å². The van der Waals surface area contributed by atoms with Crippen molar-refractivity contribution in [2.45, 2.75) is 75.5 Å². The first-order valence-electron chi connectivity index (χ1n) is 11.7. The fourth-order valence-electron chi connectivity index (χ4n) is 7.49. The molecule has 1 radical (unpaired) electrons. The average molecular weight is 568 g/mol. The molecule has 5 unspecified atom stereocenters. The largest absolute Gasteiger partial charge is 0.456 e. The molecule has 1 aromatic carbocycles. The Morgan fingerprint density at radius 1 is 1.00 bits per heavy atom. The zero-order valence-electron chi connectivity index (χ0n) is 20.3. The Kier molecular flexibility index (Phi) is 7.77. The van der Waals surface area contributed by atoms with Crippen molar-refractivity contribution in [3.63, 3.8) is 0 Å². The molecule has 0 saturated heterocycles. The molecule has 0 amide bonds. The number of alkyl halides is 5. The predicted molar refractivity (Wildman–Crippen MR) is 123 cm³/mol. The van der Waals surface area contributed by atoms with Gasteiger partial charge in [0.15, 0.2) is 0 Å². The third kappa shape index (κ3) is 4.05. The van der Waals surface area contributed by atoms with Gasteiger partial charge in [0.2, 0.25) is 0 Å². The second-order valence-electron chi connectivity index (χ2n) is 10.6. The molecule has 35 heavy (non-hydrogen) atoms. The molecule has 7 heteroatoms. The van der Waals surface area contributed by atoms with Crippen LogP contribution >= 0.6 is 0 Å². The standard InChI is InChI=1S/C27H29F5O.CH3.Y/c1-16-8-10-19-18(14-16)9-11-20-22-12-13-25(33,26(28,29)27(30,31)32)24(22,2)15-21(23(19)20)17-6-4-3-5-7-17;;/h3-7,14,20-22,33H,1,8-13,15H2,2H3;1H3;/q;-1;. The quantitative estimate of drug-likeness (QED) is 0.284. The van der Waals surface area contributed by atoms with Crippen LogP contribution in [-0.2, 0) is 32.7 Å². The molecule has 1 nitrogen and oxygen atoms in total. The number of rotatable bonds is 2. The molecule has 0 aliphatic heterocycles. The molecule has 0 aromatic heterocycles. The second-order valence-corrected chi connectivity index (χ2v) is 10.6. The van der Waals surface area contributed by atoms with E-state index in [0.717, 1.165) is 30.4 Å². The van der Waals surface area contributed by atoms with Crippen molar-refractivity contribution in [2.24, 2.45) is 17.3 Å². The van der Waals surface area contributed by atoms with Crippen molar-refractivity contribution in [1.29, 1.82) is 0 Å². The first-order valence-corrected chi connectivity index (χ1v) is 11.7. The van der Waals surface area contributed by atoms with Gasteiger partial charge in [-0.2, -0.15) is 22.0 Å². The molecule has 2 fully saturated rings. The number of allylic oxidation sites excluding steroid dienone is 5. The molecule has 5 atom stereocenters. The summed E-state index contributed by atoms with van der Waals surface area (Å²) in [5.74, 6) is -5.98. The molecule has 4 aliphatic rings. The molecule has 4 aliphatic carbocycles. The summed E-state index contributed by atoms with van der Waals surface area (Å²) < 4.78 is 70.4. The Morgan fingerprint density at radius 3 is 2.29 bits per heavy atom. The summed E-state index contributed by atoms with van der Waals surface area (Å²) in [5.41, 5.74) is 0.991. The van der Waals surface area contributed by atoms with E-state index >= 15 is 0 Å². The van der Waals surface area contributed by atoms with Crippen molar-refractivity contribution < 1.29 is 59.8 Å². The van der Waals surface area contributed by atoms with E-state index < -0.39 is 35.5 Å². The number of hydrogen-bond acceptors (Lipinski definition) is 1. The maximum Gasteiger partial charge on any atom is 0.456 e. The summed E-state index contributed by atoms with van der Waals surface area (Å²) in [6.45, 7) is 5.58. The van der Waals surface area contributed by atoms with E-state index in [4.69, 9.17) is 0 Å². The van der Waals surface area contributed by atoms with Crippen LogP contribution in [0.25, 0.3) is 0 Å². The number of hydrogen-bond donors (Lipinski definition) is 1. The van der Waals surface area contributed by atoms with E-state index in [0.29, 0.717) is 6.42 Å². The van der Waals surface area contributed by atoms with Crippen LogP contribution in [0.1, 0.15) is 63.4 Å². The summed E-state index contributed by atoms with van der Waals surface area (Å²) in [7, 11) is 0. The molecule has 0 heterocycles. The molecule has 0 spiro atoms. The van der Waals surface area contributed by atoms with Gasteiger partial charge in [-0.3, -0.25) is 0 Å². The number of fused-ring (bicyclic) bond motifs is 4. The van der Waals surface area contributed by atoms with Gasteiger partial charge < -0.3 is 12.5 Å². The fraction of sp³-hybridized carbons (Fsp3) is 0.536. The smallest absolute Gasteiger partial charge is 0.383 e. The Labute approximate surface area is 229 Å². The first-order chi connectivity index (χ1) is 15.4. The monoisotopic (exact) mass is 568 g/mol. The molecule has 5 rings (SSSR count). The molecule has 2 saturated carbocycles. The van der Waals surface area contributed by atoms with Crippen LogP contribution in [0, 0.1) is 24.7 Å². The minimum Gasteiger partial charge on any atom is -0.383 e. The van der Waals surface area contributed by atoms with Crippen LogP contribution in [0.4, 0.5) is 22.0 Å². The Hall–Kier alpha value is -0.846. The molecule has 189 valence electrons.